The third-order valence-electron chi connectivity index (χ3n) is 2.57. The van der Waals surface area contributed by atoms with E-state index in [0.29, 0.717) is 11.7 Å². The first kappa shape index (κ1) is 8.47. The number of benzene rings is 1. The zero-order valence-electron chi connectivity index (χ0n) is 8.14. The highest BCUT2D eigenvalue weighted by Gasteiger charge is 2.27. The molecule has 0 bridgehead atoms. The summed E-state index contributed by atoms with van der Waals surface area (Å²) in [5.74, 6) is 2.44. The summed E-state index contributed by atoms with van der Waals surface area (Å²) in [6, 6.07) is 6.98. The van der Waals surface area contributed by atoms with Gasteiger partial charge in [0.25, 0.3) is 0 Å². The SMILES string of the molecule is Oc1cccc(-c2n[nH]c(C3CC3)n2)c1. The minimum absolute atomic E-state index is 0.241. The number of nitrogens with zero attached hydrogens (tertiary/aromatic N) is 2. The molecule has 1 aliphatic rings. The van der Waals surface area contributed by atoms with Crippen molar-refractivity contribution >= 4 is 0 Å². The fourth-order valence-electron chi connectivity index (χ4n) is 1.59. The highest BCUT2D eigenvalue weighted by Crippen LogP contribution is 2.38. The molecule has 1 aliphatic carbocycles. The zero-order chi connectivity index (χ0) is 10.3. The van der Waals surface area contributed by atoms with Crippen molar-refractivity contribution < 1.29 is 5.11 Å². The van der Waals surface area contributed by atoms with Crippen molar-refractivity contribution in [1.82, 2.24) is 15.2 Å². The molecule has 1 aromatic heterocycles. The van der Waals surface area contributed by atoms with Crippen LogP contribution in [0.3, 0.4) is 0 Å². The third-order valence-corrected chi connectivity index (χ3v) is 2.57. The zero-order valence-corrected chi connectivity index (χ0v) is 8.14. The molecule has 3 rings (SSSR count). The summed E-state index contributed by atoms with van der Waals surface area (Å²) in [6.07, 6.45) is 2.41. The fraction of sp³-hybridized carbons (Fsp3) is 0.273. The maximum Gasteiger partial charge on any atom is 0.181 e. The molecule has 76 valence electrons. The maximum atomic E-state index is 9.34. The molecular formula is C11H11N3O. The molecule has 0 aliphatic heterocycles. The molecule has 15 heavy (non-hydrogen) atoms. The summed E-state index contributed by atoms with van der Waals surface area (Å²) in [7, 11) is 0. The Morgan fingerprint density at radius 1 is 1.33 bits per heavy atom. The molecule has 0 saturated heterocycles. The number of rotatable bonds is 2. The monoisotopic (exact) mass is 201 g/mol. The van der Waals surface area contributed by atoms with Gasteiger partial charge in [0, 0.05) is 11.5 Å². The summed E-state index contributed by atoms with van der Waals surface area (Å²) in [5, 5.41) is 16.4. The van der Waals surface area contributed by atoms with E-state index in [9.17, 15) is 5.11 Å². The van der Waals surface area contributed by atoms with Crippen LogP contribution in [0.25, 0.3) is 11.4 Å². The van der Waals surface area contributed by atoms with Crippen molar-refractivity contribution in [2.24, 2.45) is 0 Å². The van der Waals surface area contributed by atoms with Gasteiger partial charge in [0.1, 0.15) is 11.6 Å². The van der Waals surface area contributed by atoms with E-state index in [4.69, 9.17) is 0 Å². The Bertz CT molecular complexity index is 488. The number of aromatic nitrogens is 3. The second-order valence-electron chi connectivity index (χ2n) is 3.87. The molecule has 0 atom stereocenters. The van der Waals surface area contributed by atoms with Gasteiger partial charge in [0.05, 0.1) is 0 Å². The smallest absolute Gasteiger partial charge is 0.181 e. The van der Waals surface area contributed by atoms with Crippen molar-refractivity contribution in [1.29, 1.82) is 0 Å². The lowest BCUT2D eigenvalue weighted by Gasteiger charge is -1.95. The Morgan fingerprint density at radius 2 is 2.20 bits per heavy atom. The van der Waals surface area contributed by atoms with Gasteiger partial charge in [0.15, 0.2) is 5.82 Å². The number of phenolic OH excluding ortho intramolecular Hbond substituents is 1. The maximum absolute atomic E-state index is 9.34. The molecule has 0 unspecified atom stereocenters. The van der Waals surface area contributed by atoms with Gasteiger partial charge in [0.2, 0.25) is 0 Å². The quantitative estimate of drug-likeness (QED) is 0.781. The van der Waals surface area contributed by atoms with Crippen LogP contribution in [0, 0.1) is 0 Å². The van der Waals surface area contributed by atoms with Gasteiger partial charge in [-0.2, -0.15) is 5.10 Å². The van der Waals surface area contributed by atoms with Gasteiger partial charge in [-0.1, -0.05) is 12.1 Å². The van der Waals surface area contributed by atoms with Crippen LogP contribution in [0.2, 0.25) is 0 Å². The van der Waals surface area contributed by atoms with Crippen LogP contribution in [0.4, 0.5) is 0 Å². The standard InChI is InChI=1S/C11H11N3O/c15-9-3-1-2-8(6-9)11-12-10(13-14-11)7-4-5-7/h1-3,6-7,15H,4-5H2,(H,12,13,14). The van der Waals surface area contributed by atoms with Crippen molar-refractivity contribution in [2.75, 3.05) is 0 Å². The van der Waals surface area contributed by atoms with Crippen LogP contribution in [-0.4, -0.2) is 20.3 Å². The number of hydrogen-bond acceptors (Lipinski definition) is 3. The van der Waals surface area contributed by atoms with Gasteiger partial charge in [-0.05, 0) is 25.0 Å². The van der Waals surface area contributed by atoms with Crippen molar-refractivity contribution in [3.8, 4) is 17.1 Å². The van der Waals surface area contributed by atoms with Crippen LogP contribution in [0.15, 0.2) is 24.3 Å². The Balaban J connectivity index is 1.97. The van der Waals surface area contributed by atoms with Gasteiger partial charge >= 0.3 is 0 Å². The Hall–Kier alpha value is -1.84. The topological polar surface area (TPSA) is 61.8 Å². The Kier molecular flexibility index (Phi) is 1.74. The van der Waals surface area contributed by atoms with Crippen molar-refractivity contribution in [2.45, 2.75) is 18.8 Å². The van der Waals surface area contributed by atoms with E-state index in [1.165, 1.54) is 12.8 Å². The lowest BCUT2D eigenvalue weighted by molar-refractivity contribution is 0.475. The molecule has 0 spiro atoms. The van der Waals surface area contributed by atoms with Gasteiger partial charge in [-0.3, -0.25) is 5.10 Å². The summed E-state index contributed by atoms with van der Waals surface area (Å²) in [6.45, 7) is 0. The van der Waals surface area contributed by atoms with E-state index >= 15 is 0 Å². The molecule has 0 radical (unpaired) electrons. The van der Waals surface area contributed by atoms with Crippen LogP contribution in [0.1, 0.15) is 24.6 Å². The number of H-pyrrole nitrogens is 1. The molecule has 4 nitrogen and oxygen atoms in total. The Labute approximate surface area is 87.0 Å². The normalized spacial score (nSPS) is 15.5. The van der Waals surface area contributed by atoms with E-state index in [-0.39, 0.29) is 5.75 Å². The summed E-state index contributed by atoms with van der Waals surface area (Å²) in [5.41, 5.74) is 0.846. The van der Waals surface area contributed by atoms with Gasteiger partial charge in [-0.25, -0.2) is 4.98 Å². The first-order valence-electron chi connectivity index (χ1n) is 5.04. The minimum atomic E-state index is 0.241. The largest absolute Gasteiger partial charge is 0.508 e. The second-order valence-corrected chi connectivity index (χ2v) is 3.87. The Morgan fingerprint density at radius 3 is 2.93 bits per heavy atom. The van der Waals surface area contributed by atoms with Crippen molar-refractivity contribution in [3.63, 3.8) is 0 Å². The lowest BCUT2D eigenvalue weighted by atomic mass is 10.2. The predicted molar refractivity (Wildman–Crippen MR) is 55.5 cm³/mol. The highest BCUT2D eigenvalue weighted by atomic mass is 16.3. The van der Waals surface area contributed by atoms with E-state index in [2.05, 4.69) is 15.2 Å². The van der Waals surface area contributed by atoms with E-state index in [1.807, 2.05) is 6.07 Å². The second kappa shape index (κ2) is 3.08. The van der Waals surface area contributed by atoms with Crippen LogP contribution in [0.5, 0.6) is 5.75 Å². The number of aromatic amines is 1. The van der Waals surface area contributed by atoms with E-state index in [1.54, 1.807) is 18.2 Å². The van der Waals surface area contributed by atoms with Crippen LogP contribution in [-0.2, 0) is 0 Å². The average molecular weight is 201 g/mol. The molecule has 1 heterocycles. The molecule has 1 aromatic carbocycles. The summed E-state index contributed by atoms with van der Waals surface area (Å²) >= 11 is 0. The first-order chi connectivity index (χ1) is 7.33. The summed E-state index contributed by atoms with van der Waals surface area (Å²) in [4.78, 5) is 4.41. The fourth-order valence-corrected chi connectivity index (χ4v) is 1.59. The minimum Gasteiger partial charge on any atom is -0.508 e. The molecule has 2 N–H and O–H groups in total. The molecule has 4 heteroatoms. The molecule has 1 fully saturated rings. The molecule has 1 saturated carbocycles. The lowest BCUT2D eigenvalue weighted by Crippen LogP contribution is -1.82. The van der Waals surface area contributed by atoms with Crippen LogP contribution >= 0.6 is 0 Å². The van der Waals surface area contributed by atoms with E-state index in [0.717, 1.165) is 11.4 Å². The predicted octanol–water partition coefficient (Wildman–Crippen LogP) is 2.05. The number of nitrogens with one attached hydrogen (secondary N) is 1. The molecule has 0 amide bonds. The number of hydrogen-bond donors (Lipinski definition) is 2. The summed E-state index contributed by atoms with van der Waals surface area (Å²) < 4.78 is 0. The third kappa shape index (κ3) is 1.58. The van der Waals surface area contributed by atoms with Crippen molar-refractivity contribution in [3.05, 3.63) is 30.1 Å². The van der Waals surface area contributed by atoms with Crippen LogP contribution < -0.4 is 0 Å². The molecular weight excluding hydrogens is 190 g/mol. The number of phenols is 1. The number of aromatic hydroxyl groups is 1. The van der Waals surface area contributed by atoms with Gasteiger partial charge < -0.3 is 5.11 Å². The van der Waals surface area contributed by atoms with Gasteiger partial charge in [-0.15, -0.1) is 0 Å². The molecule has 2 aromatic rings. The highest BCUT2D eigenvalue weighted by molar-refractivity contribution is 5.56. The average Bonchev–Trinajstić information content (AvgIpc) is 2.97. The van der Waals surface area contributed by atoms with E-state index < -0.39 is 0 Å². The first-order valence-corrected chi connectivity index (χ1v) is 5.04.